The van der Waals surface area contributed by atoms with E-state index in [1.807, 2.05) is 11.8 Å². The molecule has 82 valence electrons. The van der Waals surface area contributed by atoms with Gasteiger partial charge in [0.25, 0.3) is 0 Å². The second-order valence-electron chi connectivity index (χ2n) is 3.98. The standard InChI is InChI=1S/C11H14F2N2/c1-7-3-2-6-15(7)11-9(14)5-4-8(12)10(11)13/h4-5,7H,2-3,6,14H2,1H3. The van der Waals surface area contributed by atoms with Gasteiger partial charge in [0.1, 0.15) is 0 Å². The van der Waals surface area contributed by atoms with E-state index in [0.717, 1.165) is 25.5 Å². The molecule has 0 bridgehead atoms. The van der Waals surface area contributed by atoms with Crippen LogP contribution in [0.25, 0.3) is 0 Å². The number of halogens is 2. The molecule has 1 heterocycles. The fourth-order valence-corrected chi connectivity index (χ4v) is 2.11. The molecular formula is C11H14F2N2. The van der Waals surface area contributed by atoms with Crippen molar-refractivity contribution >= 4 is 11.4 Å². The second kappa shape index (κ2) is 3.68. The quantitative estimate of drug-likeness (QED) is 0.725. The van der Waals surface area contributed by atoms with Gasteiger partial charge in [-0.15, -0.1) is 0 Å². The highest BCUT2D eigenvalue weighted by molar-refractivity contribution is 5.69. The van der Waals surface area contributed by atoms with E-state index in [1.165, 1.54) is 6.07 Å². The van der Waals surface area contributed by atoms with E-state index < -0.39 is 11.6 Å². The number of anilines is 2. The SMILES string of the molecule is CC1CCCN1c1c(N)ccc(F)c1F. The summed E-state index contributed by atoms with van der Waals surface area (Å²) < 4.78 is 26.7. The van der Waals surface area contributed by atoms with E-state index in [2.05, 4.69) is 0 Å². The first kappa shape index (κ1) is 10.2. The zero-order valence-corrected chi connectivity index (χ0v) is 8.63. The van der Waals surface area contributed by atoms with E-state index in [9.17, 15) is 8.78 Å². The predicted molar refractivity (Wildman–Crippen MR) is 56.8 cm³/mol. The molecule has 0 amide bonds. The molecule has 1 saturated heterocycles. The van der Waals surface area contributed by atoms with Gasteiger partial charge in [-0.3, -0.25) is 0 Å². The Hall–Kier alpha value is -1.32. The zero-order chi connectivity index (χ0) is 11.0. The molecule has 1 aliphatic rings. The number of nitrogens with two attached hydrogens (primary N) is 1. The van der Waals surface area contributed by atoms with Crippen LogP contribution in [-0.4, -0.2) is 12.6 Å². The van der Waals surface area contributed by atoms with Gasteiger partial charge >= 0.3 is 0 Å². The summed E-state index contributed by atoms with van der Waals surface area (Å²) >= 11 is 0. The molecule has 1 atom stereocenters. The zero-order valence-electron chi connectivity index (χ0n) is 8.63. The Labute approximate surface area is 87.7 Å². The third kappa shape index (κ3) is 1.64. The summed E-state index contributed by atoms with van der Waals surface area (Å²) in [4.78, 5) is 1.84. The largest absolute Gasteiger partial charge is 0.397 e. The van der Waals surface area contributed by atoms with Crippen LogP contribution in [0.4, 0.5) is 20.2 Å². The maximum absolute atomic E-state index is 13.6. The van der Waals surface area contributed by atoms with E-state index in [0.29, 0.717) is 5.69 Å². The molecule has 0 saturated carbocycles. The van der Waals surface area contributed by atoms with Gasteiger partial charge in [-0.1, -0.05) is 0 Å². The van der Waals surface area contributed by atoms with E-state index in [-0.39, 0.29) is 11.7 Å². The molecule has 2 nitrogen and oxygen atoms in total. The normalized spacial score (nSPS) is 21.0. The van der Waals surface area contributed by atoms with Crippen LogP contribution in [0.15, 0.2) is 12.1 Å². The summed E-state index contributed by atoms with van der Waals surface area (Å²) in [6.45, 7) is 2.74. The minimum atomic E-state index is -0.835. The third-order valence-electron chi connectivity index (χ3n) is 2.94. The van der Waals surface area contributed by atoms with Crippen molar-refractivity contribution in [2.24, 2.45) is 0 Å². The van der Waals surface area contributed by atoms with Crippen molar-refractivity contribution in [3.8, 4) is 0 Å². The average Bonchev–Trinajstić information content (AvgIpc) is 2.60. The van der Waals surface area contributed by atoms with Crippen LogP contribution in [0, 0.1) is 11.6 Å². The van der Waals surface area contributed by atoms with E-state index in [1.54, 1.807) is 0 Å². The van der Waals surface area contributed by atoms with Crippen LogP contribution >= 0.6 is 0 Å². The molecule has 1 aliphatic heterocycles. The van der Waals surface area contributed by atoms with Crippen LogP contribution in [0.2, 0.25) is 0 Å². The summed E-state index contributed by atoms with van der Waals surface area (Å²) in [5, 5.41) is 0. The number of rotatable bonds is 1. The molecule has 1 aromatic carbocycles. The van der Waals surface area contributed by atoms with Gasteiger partial charge in [0, 0.05) is 12.6 Å². The van der Waals surface area contributed by atoms with Gasteiger partial charge in [0.2, 0.25) is 0 Å². The van der Waals surface area contributed by atoms with Gasteiger partial charge < -0.3 is 10.6 Å². The number of nitrogen functional groups attached to an aromatic ring is 1. The fourth-order valence-electron chi connectivity index (χ4n) is 2.11. The van der Waals surface area contributed by atoms with Crippen molar-refractivity contribution in [2.45, 2.75) is 25.8 Å². The van der Waals surface area contributed by atoms with Crippen molar-refractivity contribution in [3.63, 3.8) is 0 Å². The molecule has 2 rings (SSSR count). The van der Waals surface area contributed by atoms with Crippen molar-refractivity contribution in [3.05, 3.63) is 23.8 Å². The second-order valence-corrected chi connectivity index (χ2v) is 3.98. The van der Waals surface area contributed by atoms with Crippen molar-refractivity contribution in [1.29, 1.82) is 0 Å². The van der Waals surface area contributed by atoms with Crippen molar-refractivity contribution < 1.29 is 8.78 Å². The number of nitrogens with zero attached hydrogens (tertiary/aromatic N) is 1. The topological polar surface area (TPSA) is 29.3 Å². The third-order valence-corrected chi connectivity index (χ3v) is 2.94. The van der Waals surface area contributed by atoms with Crippen LogP contribution in [0.5, 0.6) is 0 Å². The molecule has 1 unspecified atom stereocenters. The van der Waals surface area contributed by atoms with Gasteiger partial charge in [-0.05, 0) is 31.9 Å². The summed E-state index contributed by atoms with van der Waals surface area (Å²) in [6.07, 6.45) is 1.99. The predicted octanol–water partition coefficient (Wildman–Crippen LogP) is 2.54. The van der Waals surface area contributed by atoms with Crippen LogP contribution in [0.3, 0.4) is 0 Å². The van der Waals surface area contributed by atoms with Crippen LogP contribution in [0.1, 0.15) is 19.8 Å². The Morgan fingerprint density at radius 1 is 1.40 bits per heavy atom. The molecule has 0 aromatic heterocycles. The van der Waals surface area contributed by atoms with Gasteiger partial charge in [-0.25, -0.2) is 8.78 Å². The first-order chi connectivity index (χ1) is 7.11. The molecule has 0 aliphatic carbocycles. The summed E-state index contributed by atoms with van der Waals surface area (Å²) in [5.74, 6) is -1.66. The van der Waals surface area contributed by atoms with Crippen LogP contribution < -0.4 is 10.6 Å². The molecule has 0 spiro atoms. The minimum Gasteiger partial charge on any atom is -0.397 e. The number of hydrogen-bond donors (Lipinski definition) is 1. The summed E-state index contributed by atoms with van der Waals surface area (Å²) in [7, 11) is 0. The summed E-state index contributed by atoms with van der Waals surface area (Å²) in [6, 6.07) is 2.71. The number of benzene rings is 1. The smallest absolute Gasteiger partial charge is 0.184 e. The first-order valence-electron chi connectivity index (χ1n) is 5.11. The molecule has 4 heteroatoms. The highest BCUT2D eigenvalue weighted by atomic mass is 19.2. The molecular weight excluding hydrogens is 198 g/mol. The maximum Gasteiger partial charge on any atom is 0.184 e. The highest BCUT2D eigenvalue weighted by Gasteiger charge is 2.26. The Morgan fingerprint density at radius 2 is 2.13 bits per heavy atom. The van der Waals surface area contributed by atoms with Gasteiger partial charge in [0.05, 0.1) is 11.4 Å². The lowest BCUT2D eigenvalue weighted by Gasteiger charge is -2.25. The minimum absolute atomic E-state index is 0.222. The van der Waals surface area contributed by atoms with E-state index in [4.69, 9.17) is 5.73 Å². The molecule has 2 N–H and O–H groups in total. The lowest BCUT2D eigenvalue weighted by molar-refractivity contribution is 0.506. The highest BCUT2D eigenvalue weighted by Crippen LogP contribution is 2.33. The molecule has 1 aromatic rings. The Bertz CT molecular complexity index is 379. The van der Waals surface area contributed by atoms with Crippen molar-refractivity contribution in [1.82, 2.24) is 0 Å². The lowest BCUT2D eigenvalue weighted by Crippen LogP contribution is -2.28. The van der Waals surface area contributed by atoms with Gasteiger partial charge in [-0.2, -0.15) is 0 Å². The van der Waals surface area contributed by atoms with E-state index >= 15 is 0 Å². The monoisotopic (exact) mass is 212 g/mol. The Morgan fingerprint density at radius 3 is 2.73 bits per heavy atom. The van der Waals surface area contributed by atoms with Crippen LogP contribution in [-0.2, 0) is 0 Å². The van der Waals surface area contributed by atoms with Gasteiger partial charge in [0.15, 0.2) is 11.6 Å². The molecule has 15 heavy (non-hydrogen) atoms. The lowest BCUT2D eigenvalue weighted by atomic mass is 10.2. The average molecular weight is 212 g/mol. The molecule has 1 fully saturated rings. The Kier molecular flexibility index (Phi) is 2.50. The number of hydrogen-bond acceptors (Lipinski definition) is 2. The fraction of sp³-hybridized carbons (Fsp3) is 0.455. The maximum atomic E-state index is 13.6. The summed E-state index contributed by atoms with van der Waals surface area (Å²) in [5.41, 5.74) is 6.21. The molecule has 0 radical (unpaired) electrons. The first-order valence-corrected chi connectivity index (χ1v) is 5.11. The Balaban J connectivity index is 2.46. The van der Waals surface area contributed by atoms with Crippen molar-refractivity contribution in [2.75, 3.05) is 17.2 Å².